The minimum Gasteiger partial charge on any atom is -0.497 e. The molecule has 4 rings (SSSR count). The molecule has 1 amide bonds. The van der Waals surface area contributed by atoms with E-state index < -0.39 is 5.82 Å². The average molecular weight is 391 g/mol. The van der Waals surface area contributed by atoms with Crippen LogP contribution in [0, 0.1) is 5.82 Å². The normalized spacial score (nSPS) is 16.5. The summed E-state index contributed by atoms with van der Waals surface area (Å²) in [5, 5.41) is 0. The number of ether oxygens (including phenoxy) is 1. The minimum absolute atomic E-state index is 0.126. The summed E-state index contributed by atoms with van der Waals surface area (Å²) in [6.07, 6.45) is 3.59. The Balaban J connectivity index is 1.53. The van der Waals surface area contributed by atoms with Crippen molar-refractivity contribution in [2.24, 2.45) is 0 Å². The van der Waals surface area contributed by atoms with Crippen molar-refractivity contribution in [3.05, 3.63) is 77.9 Å². The van der Waals surface area contributed by atoms with Gasteiger partial charge in [-0.15, -0.1) is 0 Å². The summed E-state index contributed by atoms with van der Waals surface area (Å²) in [6.45, 7) is 1.23. The number of nitrogens with zero attached hydrogens (tertiary/aromatic N) is 3. The summed E-state index contributed by atoms with van der Waals surface area (Å²) in [5.41, 5.74) is 2.21. The second kappa shape index (κ2) is 8.39. The molecule has 2 aromatic carbocycles. The van der Waals surface area contributed by atoms with Gasteiger partial charge >= 0.3 is 0 Å². The Hall–Kier alpha value is -3.28. The highest BCUT2D eigenvalue weighted by Crippen LogP contribution is 2.28. The van der Waals surface area contributed by atoms with Crippen LogP contribution < -0.4 is 4.74 Å². The lowest BCUT2D eigenvalue weighted by Gasteiger charge is -2.32. The summed E-state index contributed by atoms with van der Waals surface area (Å²) in [7, 11) is 1.63. The molecule has 0 N–H and O–H groups in total. The van der Waals surface area contributed by atoms with Crippen LogP contribution in [-0.4, -0.2) is 41.0 Å². The highest BCUT2D eigenvalue weighted by atomic mass is 19.1. The maximum Gasteiger partial charge on any atom is 0.253 e. The van der Waals surface area contributed by atoms with E-state index in [1.807, 2.05) is 30.3 Å². The molecule has 29 heavy (non-hydrogen) atoms. The number of carbonyl (C=O) groups excluding carboxylic acids is 1. The smallest absolute Gasteiger partial charge is 0.253 e. The van der Waals surface area contributed by atoms with E-state index in [-0.39, 0.29) is 11.8 Å². The number of hydrogen-bond donors (Lipinski definition) is 0. The number of halogens is 1. The molecule has 0 aliphatic carbocycles. The summed E-state index contributed by atoms with van der Waals surface area (Å²) >= 11 is 0. The van der Waals surface area contributed by atoms with E-state index in [4.69, 9.17) is 9.72 Å². The van der Waals surface area contributed by atoms with Crippen molar-refractivity contribution in [2.75, 3.05) is 20.2 Å². The summed E-state index contributed by atoms with van der Waals surface area (Å²) in [6, 6.07) is 15.4. The number of piperidine rings is 1. The fourth-order valence-electron chi connectivity index (χ4n) is 3.69. The molecule has 1 aliphatic heterocycles. The fourth-order valence-corrected chi connectivity index (χ4v) is 3.69. The zero-order chi connectivity index (χ0) is 20.2. The predicted molar refractivity (Wildman–Crippen MR) is 108 cm³/mol. The number of benzene rings is 2. The van der Waals surface area contributed by atoms with Gasteiger partial charge in [-0.05, 0) is 61.4 Å². The molecule has 1 aromatic heterocycles. The first-order valence-corrected chi connectivity index (χ1v) is 9.66. The predicted octanol–water partition coefficient (Wildman–Crippen LogP) is 4.31. The Kier molecular flexibility index (Phi) is 5.51. The van der Waals surface area contributed by atoms with Crippen molar-refractivity contribution in [1.82, 2.24) is 14.9 Å². The van der Waals surface area contributed by atoms with E-state index in [0.29, 0.717) is 24.5 Å². The van der Waals surface area contributed by atoms with Gasteiger partial charge in [0, 0.05) is 42.0 Å². The number of amides is 1. The lowest BCUT2D eigenvalue weighted by atomic mass is 9.94. The molecule has 2 heterocycles. The van der Waals surface area contributed by atoms with E-state index in [2.05, 4.69) is 4.98 Å². The van der Waals surface area contributed by atoms with Crippen LogP contribution in [0.3, 0.4) is 0 Å². The quantitative estimate of drug-likeness (QED) is 0.665. The molecule has 3 aromatic rings. The topological polar surface area (TPSA) is 55.3 Å². The highest BCUT2D eigenvalue weighted by Gasteiger charge is 2.26. The molecule has 148 valence electrons. The Bertz CT molecular complexity index is 1010. The van der Waals surface area contributed by atoms with Gasteiger partial charge in [-0.1, -0.05) is 6.07 Å². The van der Waals surface area contributed by atoms with Crippen molar-refractivity contribution < 1.29 is 13.9 Å². The SMILES string of the molecule is COc1ccc(-c2nccc([C@@H]3CCCN(C(=O)c4cccc(F)c4)C3)n2)cc1. The van der Waals surface area contributed by atoms with Crippen LogP contribution in [0.1, 0.15) is 34.8 Å². The molecule has 0 saturated carbocycles. The summed E-state index contributed by atoms with van der Waals surface area (Å²) < 4.78 is 18.7. The second-order valence-corrected chi connectivity index (χ2v) is 7.13. The van der Waals surface area contributed by atoms with Crippen molar-refractivity contribution in [1.29, 1.82) is 0 Å². The van der Waals surface area contributed by atoms with Crippen LogP contribution in [0.15, 0.2) is 60.8 Å². The van der Waals surface area contributed by atoms with E-state index in [0.717, 1.165) is 29.8 Å². The number of likely N-dealkylation sites (tertiary alicyclic amines) is 1. The van der Waals surface area contributed by atoms with Crippen LogP contribution in [0.25, 0.3) is 11.4 Å². The Morgan fingerprint density at radius 3 is 2.76 bits per heavy atom. The largest absolute Gasteiger partial charge is 0.497 e. The van der Waals surface area contributed by atoms with Crippen molar-refractivity contribution >= 4 is 5.91 Å². The Labute approximate surface area is 169 Å². The maximum absolute atomic E-state index is 13.5. The third-order valence-corrected chi connectivity index (χ3v) is 5.22. The molecule has 0 bridgehead atoms. The van der Waals surface area contributed by atoms with Crippen LogP contribution >= 0.6 is 0 Å². The number of aromatic nitrogens is 2. The lowest BCUT2D eigenvalue weighted by molar-refractivity contribution is 0.0705. The highest BCUT2D eigenvalue weighted by molar-refractivity contribution is 5.94. The standard InChI is InChI=1S/C23H22FN3O2/c1-29-20-9-7-16(8-10-20)22-25-12-11-21(26-22)18-5-3-13-27(15-18)23(28)17-4-2-6-19(24)14-17/h2,4,6-12,14,18H,3,5,13,15H2,1H3/t18-/m1/s1. The van der Waals surface area contributed by atoms with Crippen LogP contribution in [0.4, 0.5) is 4.39 Å². The first kappa shape index (κ1) is 19.1. The Morgan fingerprint density at radius 1 is 1.17 bits per heavy atom. The van der Waals surface area contributed by atoms with E-state index >= 15 is 0 Å². The number of rotatable bonds is 4. The molecule has 5 nitrogen and oxygen atoms in total. The third kappa shape index (κ3) is 4.26. The van der Waals surface area contributed by atoms with Gasteiger partial charge in [0.15, 0.2) is 5.82 Å². The molecule has 0 unspecified atom stereocenters. The first-order chi connectivity index (χ1) is 14.1. The van der Waals surface area contributed by atoms with Crippen LogP contribution in [0.5, 0.6) is 5.75 Å². The summed E-state index contributed by atoms with van der Waals surface area (Å²) in [5.74, 6) is 1.02. The van der Waals surface area contributed by atoms with E-state index in [1.165, 1.54) is 12.1 Å². The molecule has 0 radical (unpaired) electrons. The monoisotopic (exact) mass is 391 g/mol. The molecule has 1 aliphatic rings. The molecular weight excluding hydrogens is 369 g/mol. The lowest BCUT2D eigenvalue weighted by Crippen LogP contribution is -2.39. The number of carbonyl (C=O) groups is 1. The van der Waals surface area contributed by atoms with Gasteiger partial charge in [-0.25, -0.2) is 14.4 Å². The van der Waals surface area contributed by atoms with Crippen molar-refractivity contribution in [3.8, 4) is 17.1 Å². The second-order valence-electron chi connectivity index (χ2n) is 7.13. The molecule has 6 heteroatoms. The van der Waals surface area contributed by atoms with Crippen molar-refractivity contribution in [2.45, 2.75) is 18.8 Å². The van der Waals surface area contributed by atoms with Gasteiger partial charge < -0.3 is 9.64 Å². The van der Waals surface area contributed by atoms with Crippen molar-refractivity contribution in [3.63, 3.8) is 0 Å². The molecule has 1 atom stereocenters. The average Bonchev–Trinajstić information content (AvgIpc) is 2.79. The van der Waals surface area contributed by atoms with Crippen LogP contribution in [0.2, 0.25) is 0 Å². The third-order valence-electron chi connectivity index (χ3n) is 5.22. The zero-order valence-corrected chi connectivity index (χ0v) is 16.2. The number of methoxy groups -OCH3 is 1. The maximum atomic E-state index is 13.5. The number of hydrogen-bond acceptors (Lipinski definition) is 4. The van der Waals surface area contributed by atoms with Gasteiger partial charge in [0.25, 0.3) is 5.91 Å². The molecular formula is C23H22FN3O2. The minimum atomic E-state index is -0.399. The van der Waals surface area contributed by atoms with Crippen LogP contribution in [-0.2, 0) is 0 Å². The molecule has 0 spiro atoms. The van der Waals surface area contributed by atoms with E-state index in [1.54, 1.807) is 30.3 Å². The molecule has 1 saturated heterocycles. The van der Waals surface area contributed by atoms with Gasteiger partial charge in [-0.3, -0.25) is 4.79 Å². The van der Waals surface area contributed by atoms with Gasteiger partial charge in [-0.2, -0.15) is 0 Å². The first-order valence-electron chi connectivity index (χ1n) is 9.66. The Morgan fingerprint density at radius 2 is 2.00 bits per heavy atom. The molecule has 1 fully saturated rings. The summed E-state index contributed by atoms with van der Waals surface area (Å²) in [4.78, 5) is 23.7. The zero-order valence-electron chi connectivity index (χ0n) is 16.2. The fraction of sp³-hybridized carbons (Fsp3) is 0.261. The van der Waals surface area contributed by atoms with Gasteiger partial charge in [0.05, 0.1) is 7.11 Å². The van der Waals surface area contributed by atoms with Gasteiger partial charge in [0.1, 0.15) is 11.6 Å². The van der Waals surface area contributed by atoms with E-state index in [9.17, 15) is 9.18 Å². The van der Waals surface area contributed by atoms with Gasteiger partial charge in [0.2, 0.25) is 0 Å².